The van der Waals surface area contributed by atoms with Gasteiger partial charge < -0.3 is 19.7 Å². The van der Waals surface area contributed by atoms with Gasteiger partial charge in [-0.05, 0) is 68.2 Å². The van der Waals surface area contributed by atoms with Crippen LogP contribution in [-0.4, -0.2) is 9.55 Å². The monoisotopic (exact) mass is 890 g/mol. The van der Waals surface area contributed by atoms with E-state index in [-0.39, 0.29) is 43.4 Å². The molecule has 0 saturated heterocycles. The maximum Gasteiger partial charge on any atom is 0.135 e. The van der Waals surface area contributed by atoms with Crippen molar-refractivity contribution in [2.75, 3.05) is 5.01 Å². The van der Waals surface area contributed by atoms with Gasteiger partial charge in [0.15, 0.2) is 0 Å². The molecule has 278 valence electrons. The van der Waals surface area contributed by atoms with Crippen LogP contribution in [0.15, 0.2) is 115 Å². The molecule has 5 aromatic carbocycles. The summed E-state index contributed by atoms with van der Waals surface area (Å²) in [6.07, 6.45) is 1.90. The zero-order valence-corrected chi connectivity index (χ0v) is 34.8. The van der Waals surface area contributed by atoms with E-state index >= 15 is 0 Å². The predicted octanol–water partition coefficient (Wildman–Crippen LogP) is 13.0. The largest absolute Gasteiger partial charge is 0.554 e. The van der Waals surface area contributed by atoms with Crippen LogP contribution in [0.25, 0.3) is 33.0 Å². The fraction of sp³-hybridized carbons (Fsp3) is 0.271. The average molecular weight is 891 g/mol. The number of fused-ring (bicyclic) bond motifs is 4. The van der Waals surface area contributed by atoms with E-state index in [0.29, 0.717) is 11.5 Å². The van der Waals surface area contributed by atoms with Crippen LogP contribution in [0.5, 0.6) is 11.5 Å². The number of pyridine rings is 1. The molecule has 1 aliphatic rings. The third-order valence-corrected chi connectivity index (χ3v) is 10.3. The first-order chi connectivity index (χ1) is 25.1. The van der Waals surface area contributed by atoms with Gasteiger partial charge in [-0.15, -0.1) is 35.7 Å². The van der Waals surface area contributed by atoms with Crippen LogP contribution in [0.3, 0.4) is 0 Å². The van der Waals surface area contributed by atoms with Crippen molar-refractivity contribution in [1.29, 1.82) is 0 Å². The van der Waals surface area contributed by atoms with Crippen LogP contribution in [-0.2, 0) is 37.3 Å². The van der Waals surface area contributed by atoms with Crippen molar-refractivity contribution in [3.8, 4) is 17.3 Å². The van der Waals surface area contributed by atoms with Crippen LogP contribution >= 0.6 is 0 Å². The first kappa shape index (κ1) is 37.6. The number of para-hydroxylation sites is 2. The molecule has 0 N–H and O–H groups in total. The van der Waals surface area contributed by atoms with E-state index in [2.05, 4.69) is 164 Å². The Bertz CT molecular complexity index is 2460. The average Bonchev–Trinajstić information content (AvgIpc) is 3.67. The first-order valence-corrected chi connectivity index (χ1v) is 18.5. The Labute approximate surface area is 334 Å². The van der Waals surface area contributed by atoms with Crippen LogP contribution in [0.4, 0.5) is 11.4 Å². The summed E-state index contributed by atoms with van der Waals surface area (Å²) in [6.45, 7) is 20.3. The Morgan fingerprint density at radius 1 is 0.630 bits per heavy atom. The minimum atomic E-state index is -0.143. The summed E-state index contributed by atoms with van der Waals surface area (Å²) in [4.78, 5) is 4.82. The van der Waals surface area contributed by atoms with Crippen molar-refractivity contribution in [2.24, 2.45) is 0 Å². The third-order valence-electron chi connectivity index (χ3n) is 10.3. The van der Waals surface area contributed by atoms with Crippen LogP contribution in [0.2, 0.25) is 0 Å². The van der Waals surface area contributed by atoms with Gasteiger partial charge in [-0.25, -0.2) is 4.98 Å². The SMILES string of the molecule is CC(C)(C)c1cc(C2[N-]N(c3[c-]c(Oc4[c-]c5c(cc4)c4ccccc4n5-c4cc(C(C)(C)C)ccn4)ccc3)c3ccccc32)cc(C(C)(C)C)c1.[Pt]. The molecule has 0 spiro atoms. The molecule has 8 rings (SSSR count). The first-order valence-electron chi connectivity index (χ1n) is 18.5. The van der Waals surface area contributed by atoms with Gasteiger partial charge in [0.05, 0.1) is 0 Å². The zero-order chi connectivity index (χ0) is 37.3. The fourth-order valence-electron chi connectivity index (χ4n) is 7.18. The van der Waals surface area contributed by atoms with E-state index in [1.807, 2.05) is 35.5 Å². The number of hydrogen-bond donors (Lipinski definition) is 0. The third kappa shape index (κ3) is 7.01. The molecule has 3 heterocycles. The second kappa shape index (κ2) is 13.9. The van der Waals surface area contributed by atoms with Crippen molar-refractivity contribution in [3.63, 3.8) is 0 Å². The normalized spacial score (nSPS) is 14.7. The van der Waals surface area contributed by atoms with Crippen molar-refractivity contribution >= 4 is 33.2 Å². The predicted molar refractivity (Wildman–Crippen MR) is 219 cm³/mol. The Balaban J connectivity index is 0.00000450. The van der Waals surface area contributed by atoms with E-state index in [0.717, 1.165) is 39.0 Å². The molecule has 1 unspecified atom stereocenters. The molecule has 5 nitrogen and oxygen atoms in total. The number of nitrogens with zero attached hydrogens (tertiary/aromatic N) is 4. The molecule has 0 fully saturated rings. The van der Waals surface area contributed by atoms with E-state index in [9.17, 15) is 0 Å². The summed E-state index contributed by atoms with van der Waals surface area (Å²) in [6, 6.07) is 45.4. The summed E-state index contributed by atoms with van der Waals surface area (Å²) in [5.74, 6) is 2.05. The Kier molecular flexibility index (Phi) is 9.65. The molecule has 0 bridgehead atoms. The topological polar surface area (TPSA) is 44.4 Å². The van der Waals surface area contributed by atoms with E-state index in [1.165, 1.54) is 27.8 Å². The second-order valence-corrected chi connectivity index (χ2v) is 17.3. The molecule has 54 heavy (non-hydrogen) atoms. The van der Waals surface area contributed by atoms with Crippen LogP contribution in [0.1, 0.15) is 96.2 Å². The molecule has 7 aromatic rings. The second-order valence-electron chi connectivity index (χ2n) is 17.3. The van der Waals surface area contributed by atoms with Gasteiger partial charge in [-0.1, -0.05) is 140 Å². The summed E-state index contributed by atoms with van der Waals surface area (Å²) in [5.41, 5.74) is 15.5. The van der Waals surface area contributed by atoms with Gasteiger partial charge in [0.2, 0.25) is 0 Å². The van der Waals surface area contributed by atoms with Crippen molar-refractivity contribution in [1.82, 2.24) is 9.55 Å². The minimum absolute atomic E-state index is 0. The molecular weight excluding hydrogens is 844 g/mol. The maximum absolute atomic E-state index is 6.54. The fourth-order valence-corrected chi connectivity index (χ4v) is 7.18. The van der Waals surface area contributed by atoms with E-state index < -0.39 is 0 Å². The van der Waals surface area contributed by atoms with Crippen LogP contribution in [0, 0.1) is 12.1 Å². The van der Waals surface area contributed by atoms with Gasteiger partial charge in [-0.2, -0.15) is 12.1 Å². The molecule has 0 aliphatic carbocycles. The number of benzene rings is 5. The molecule has 0 amide bonds. The molecular formula is C48H47N4OPt-3. The quantitative estimate of drug-likeness (QED) is 0.162. The number of aromatic nitrogens is 2. The van der Waals surface area contributed by atoms with E-state index in [4.69, 9.17) is 15.1 Å². The van der Waals surface area contributed by atoms with E-state index in [1.54, 1.807) is 0 Å². The van der Waals surface area contributed by atoms with Crippen molar-refractivity contribution < 1.29 is 25.8 Å². The minimum Gasteiger partial charge on any atom is -0.554 e. The van der Waals surface area contributed by atoms with Gasteiger partial charge >= 0.3 is 0 Å². The summed E-state index contributed by atoms with van der Waals surface area (Å²) in [7, 11) is 0. The van der Waals surface area contributed by atoms with Gasteiger partial charge in [-0.3, -0.25) is 0 Å². The van der Waals surface area contributed by atoms with Gasteiger partial charge in [0.25, 0.3) is 0 Å². The molecule has 2 aromatic heterocycles. The Hall–Kier alpha value is -4.70. The maximum atomic E-state index is 6.54. The molecule has 0 radical (unpaired) electrons. The standard InChI is InChI=1S/C48H47N4O.Pt/c1-46(2,3)32-23-24-49-44(28-32)51-41-19-12-10-17-38(41)39-22-21-37(30-43(39)51)53-36-16-14-15-35(29-36)52-42-20-13-11-18-40(42)45(50-52)31-25-33(47(4,5)6)27-34(26-31)48(7,8)9;/h10-28,45H,1-9H3;/q-3;. The number of anilines is 2. The number of rotatable bonds is 5. The molecule has 0 saturated carbocycles. The molecule has 1 atom stereocenters. The smallest absolute Gasteiger partial charge is 0.135 e. The summed E-state index contributed by atoms with van der Waals surface area (Å²) in [5, 5.41) is 4.26. The Morgan fingerprint density at radius 3 is 2.02 bits per heavy atom. The molecule has 6 heteroatoms. The molecule has 1 aliphatic heterocycles. The zero-order valence-electron chi connectivity index (χ0n) is 32.6. The van der Waals surface area contributed by atoms with Crippen LogP contribution < -0.4 is 9.75 Å². The summed E-state index contributed by atoms with van der Waals surface area (Å²) < 4.78 is 8.73. The summed E-state index contributed by atoms with van der Waals surface area (Å²) >= 11 is 0. The van der Waals surface area contributed by atoms with Crippen molar-refractivity contribution in [3.05, 3.63) is 161 Å². The number of ether oxygens (including phenoxy) is 1. The van der Waals surface area contributed by atoms with Gasteiger partial charge in [0.1, 0.15) is 5.82 Å². The number of hydrogen-bond acceptors (Lipinski definition) is 3. The van der Waals surface area contributed by atoms with Crippen molar-refractivity contribution in [2.45, 2.75) is 84.6 Å². The van der Waals surface area contributed by atoms with Gasteiger partial charge in [0, 0.05) is 50.0 Å². The Morgan fingerprint density at radius 2 is 1.30 bits per heavy atom.